The van der Waals surface area contributed by atoms with Crippen molar-refractivity contribution in [2.24, 2.45) is 0 Å². The summed E-state index contributed by atoms with van der Waals surface area (Å²) in [6.45, 7) is 3.52. The molecular formula is C23H27N3O2. The smallest absolute Gasteiger partial charge is 0.220 e. The summed E-state index contributed by atoms with van der Waals surface area (Å²) in [5.41, 5.74) is 4.00. The van der Waals surface area contributed by atoms with Gasteiger partial charge in [0.15, 0.2) is 5.78 Å². The molecule has 146 valence electrons. The van der Waals surface area contributed by atoms with Gasteiger partial charge in [0.1, 0.15) is 0 Å². The first-order chi connectivity index (χ1) is 13.7. The van der Waals surface area contributed by atoms with Gasteiger partial charge in [-0.1, -0.05) is 49.7 Å². The van der Waals surface area contributed by atoms with E-state index in [1.54, 1.807) is 0 Å². The number of aryl methyl sites for hydroxylation is 2. The number of aromatic nitrogens is 2. The summed E-state index contributed by atoms with van der Waals surface area (Å²) in [4.78, 5) is 28.6. The Labute approximate surface area is 165 Å². The van der Waals surface area contributed by atoms with Crippen LogP contribution in [-0.4, -0.2) is 27.8 Å². The Hall–Kier alpha value is -2.95. The minimum Gasteiger partial charge on any atom is -0.356 e. The number of ketones is 1. The maximum atomic E-state index is 12.2. The number of amides is 1. The van der Waals surface area contributed by atoms with Crippen molar-refractivity contribution in [1.29, 1.82) is 0 Å². The van der Waals surface area contributed by atoms with Crippen molar-refractivity contribution in [2.45, 2.75) is 45.6 Å². The van der Waals surface area contributed by atoms with Crippen molar-refractivity contribution in [3.05, 3.63) is 66.0 Å². The molecule has 5 heteroatoms. The van der Waals surface area contributed by atoms with Crippen molar-refractivity contribution < 1.29 is 9.59 Å². The van der Waals surface area contributed by atoms with Gasteiger partial charge in [-0.15, -0.1) is 0 Å². The Morgan fingerprint density at radius 2 is 1.82 bits per heavy atom. The molecule has 2 aromatic carbocycles. The summed E-state index contributed by atoms with van der Waals surface area (Å²) in [6, 6.07) is 15.7. The van der Waals surface area contributed by atoms with Gasteiger partial charge in [-0.3, -0.25) is 9.59 Å². The molecule has 0 saturated heterocycles. The van der Waals surface area contributed by atoms with Crippen molar-refractivity contribution in [3.8, 4) is 0 Å². The number of carbonyl (C=O) groups excluding carboxylic acids is 2. The third kappa shape index (κ3) is 5.28. The number of carbonyl (C=O) groups is 2. The molecular weight excluding hydrogens is 350 g/mol. The van der Waals surface area contributed by atoms with Crippen LogP contribution in [0.3, 0.4) is 0 Å². The third-order valence-corrected chi connectivity index (χ3v) is 4.82. The van der Waals surface area contributed by atoms with Gasteiger partial charge in [-0.25, -0.2) is 4.98 Å². The molecule has 0 aliphatic rings. The van der Waals surface area contributed by atoms with Crippen LogP contribution in [0.2, 0.25) is 0 Å². The fourth-order valence-electron chi connectivity index (χ4n) is 3.27. The van der Waals surface area contributed by atoms with Crippen LogP contribution in [0.15, 0.2) is 54.9 Å². The highest BCUT2D eigenvalue weighted by molar-refractivity contribution is 5.97. The van der Waals surface area contributed by atoms with Crippen molar-refractivity contribution in [1.82, 2.24) is 14.9 Å². The van der Waals surface area contributed by atoms with Crippen LogP contribution >= 0.6 is 0 Å². The first-order valence-electron chi connectivity index (χ1n) is 9.96. The molecule has 0 fully saturated rings. The monoisotopic (exact) mass is 377 g/mol. The van der Waals surface area contributed by atoms with Gasteiger partial charge in [0, 0.05) is 31.5 Å². The van der Waals surface area contributed by atoms with Gasteiger partial charge in [0.05, 0.1) is 17.4 Å². The zero-order chi connectivity index (χ0) is 19.8. The molecule has 5 nitrogen and oxygen atoms in total. The van der Waals surface area contributed by atoms with E-state index in [0.717, 1.165) is 36.8 Å². The number of Topliss-reactive ketones (excluding diaryl/α,β-unsaturated/α-hetero) is 1. The number of fused-ring (bicyclic) bond motifs is 1. The normalized spacial score (nSPS) is 10.9. The Bertz CT molecular complexity index is 928. The largest absolute Gasteiger partial charge is 0.356 e. The highest BCUT2D eigenvalue weighted by atomic mass is 16.2. The SMILES string of the molecule is CCCc1ccc(C(=O)CCC(=O)NCCCn2cnc3ccccc32)cc1. The lowest BCUT2D eigenvalue weighted by Crippen LogP contribution is -2.25. The molecule has 1 N–H and O–H groups in total. The predicted octanol–water partition coefficient (Wildman–Crippen LogP) is 4.16. The van der Waals surface area contributed by atoms with E-state index >= 15 is 0 Å². The van der Waals surface area contributed by atoms with Crippen LogP contribution in [0.25, 0.3) is 11.0 Å². The van der Waals surface area contributed by atoms with Crippen LogP contribution < -0.4 is 5.32 Å². The average molecular weight is 377 g/mol. The van der Waals surface area contributed by atoms with E-state index in [1.807, 2.05) is 54.9 Å². The molecule has 3 rings (SSSR count). The van der Waals surface area contributed by atoms with Crippen molar-refractivity contribution >= 4 is 22.7 Å². The molecule has 0 spiro atoms. The van der Waals surface area contributed by atoms with Gasteiger partial charge < -0.3 is 9.88 Å². The van der Waals surface area contributed by atoms with E-state index < -0.39 is 0 Å². The van der Waals surface area contributed by atoms with Crippen molar-refractivity contribution in [3.63, 3.8) is 0 Å². The maximum Gasteiger partial charge on any atom is 0.220 e. The molecule has 0 aliphatic heterocycles. The van der Waals surface area contributed by atoms with E-state index in [2.05, 4.69) is 21.8 Å². The van der Waals surface area contributed by atoms with E-state index in [4.69, 9.17) is 0 Å². The van der Waals surface area contributed by atoms with Gasteiger partial charge in [-0.05, 0) is 30.5 Å². The second-order valence-corrected chi connectivity index (χ2v) is 7.00. The fraction of sp³-hybridized carbons (Fsp3) is 0.348. The van der Waals surface area contributed by atoms with Crippen LogP contribution in [0.1, 0.15) is 48.5 Å². The molecule has 1 aromatic heterocycles. The topological polar surface area (TPSA) is 64.0 Å². The van der Waals surface area contributed by atoms with Gasteiger partial charge >= 0.3 is 0 Å². The molecule has 0 saturated carbocycles. The molecule has 0 atom stereocenters. The molecule has 1 heterocycles. The van der Waals surface area contributed by atoms with Crippen LogP contribution in [0.4, 0.5) is 0 Å². The lowest BCUT2D eigenvalue weighted by atomic mass is 10.0. The number of para-hydroxylation sites is 2. The van der Waals surface area contributed by atoms with Gasteiger partial charge in [-0.2, -0.15) is 0 Å². The molecule has 0 radical (unpaired) electrons. The van der Waals surface area contributed by atoms with Crippen LogP contribution in [-0.2, 0) is 17.8 Å². The quantitative estimate of drug-likeness (QED) is 0.426. The average Bonchev–Trinajstić information content (AvgIpc) is 3.13. The number of imidazole rings is 1. The fourth-order valence-corrected chi connectivity index (χ4v) is 3.27. The van der Waals surface area contributed by atoms with E-state index in [-0.39, 0.29) is 24.5 Å². The Balaban J connectivity index is 1.36. The molecule has 0 unspecified atom stereocenters. The van der Waals surface area contributed by atoms with Crippen LogP contribution in [0.5, 0.6) is 0 Å². The zero-order valence-corrected chi connectivity index (χ0v) is 16.4. The number of benzene rings is 2. The second-order valence-electron chi connectivity index (χ2n) is 7.00. The molecule has 0 bridgehead atoms. The zero-order valence-electron chi connectivity index (χ0n) is 16.4. The number of rotatable bonds is 10. The number of nitrogens with one attached hydrogen (secondary N) is 1. The van der Waals surface area contributed by atoms with Gasteiger partial charge in [0.25, 0.3) is 0 Å². The van der Waals surface area contributed by atoms with E-state index in [1.165, 1.54) is 5.56 Å². The molecule has 1 amide bonds. The summed E-state index contributed by atoms with van der Waals surface area (Å²) in [7, 11) is 0. The first-order valence-corrected chi connectivity index (χ1v) is 9.96. The number of hydrogen-bond donors (Lipinski definition) is 1. The Morgan fingerprint density at radius 3 is 2.61 bits per heavy atom. The maximum absolute atomic E-state index is 12.2. The Morgan fingerprint density at radius 1 is 1.04 bits per heavy atom. The summed E-state index contributed by atoms with van der Waals surface area (Å²) in [5, 5.41) is 2.90. The number of nitrogens with zero attached hydrogens (tertiary/aromatic N) is 2. The highest BCUT2D eigenvalue weighted by Gasteiger charge is 2.09. The molecule has 28 heavy (non-hydrogen) atoms. The van der Waals surface area contributed by atoms with Crippen LogP contribution in [0, 0.1) is 0 Å². The molecule has 3 aromatic rings. The highest BCUT2D eigenvalue weighted by Crippen LogP contribution is 2.12. The minimum atomic E-state index is -0.0774. The summed E-state index contributed by atoms with van der Waals surface area (Å²) in [5.74, 6) is -0.0606. The minimum absolute atomic E-state index is 0.0167. The summed E-state index contributed by atoms with van der Waals surface area (Å²) >= 11 is 0. The molecule has 0 aliphatic carbocycles. The lowest BCUT2D eigenvalue weighted by molar-refractivity contribution is -0.121. The second kappa shape index (κ2) is 9.83. The van der Waals surface area contributed by atoms with E-state index in [0.29, 0.717) is 12.1 Å². The third-order valence-electron chi connectivity index (χ3n) is 4.82. The first kappa shape index (κ1) is 19.8. The Kier molecular flexibility index (Phi) is 6.95. The van der Waals surface area contributed by atoms with Gasteiger partial charge in [0.2, 0.25) is 5.91 Å². The standard InChI is InChI=1S/C23H27N3O2/c1-2-6-18-9-11-19(12-10-18)22(27)13-14-23(28)24-15-5-16-26-17-25-20-7-3-4-8-21(20)26/h3-4,7-12,17H,2,5-6,13-16H2,1H3,(H,24,28). The number of hydrogen-bond acceptors (Lipinski definition) is 3. The van der Waals surface area contributed by atoms with Crippen molar-refractivity contribution in [2.75, 3.05) is 6.54 Å². The predicted molar refractivity (Wildman–Crippen MR) is 111 cm³/mol. The summed E-state index contributed by atoms with van der Waals surface area (Å²) in [6.07, 6.45) is 5.22. The summed E-state index contributed by atoms with van der Waals surface area (Å²) < 4.78 is 2.09. The van der Waals surface area contributed by atoms with E-state index in [9.17, 15) is 9.59 Å². The lowest BCUT2D eigenvalue weighted by Gasteiger charge is -2.07.